The van der Waals surface area contributed by atoms with Gasteiger partial charge in [-0.25, -0.2) is 15.0 Å². The summed E-state index contributed by atoms with van der Waals surface area (Å²) in [6, 6.07) is 10.4. The van der Waals surface area contributed by atoms with E-state index in [-0.39, 0.29) is 30.4 Å². The molecule has 31 heavy (non-hydrogen) atoms. The third kappa shape index (κ3) is 4.53. The smallest absolute Gasteiger partial charge is 0.259 e. The number of nitrogens with one attached hydrogen (secondary N) is 3. The molecular formula is C21H24ClN7OS. The molecule has 2 aliphatic rings. The van der Waals surface area contributed by atoms with E-state index in [1.165, 1.54) is 6.33 Å². The third-order valence-corrected chi connectivity index (χ3v) is 6.50. The zero-order valence-corrected chi connectivity index (χ0v) is 18.5. The van der Waals surface area contributed by atoms with Gasteiger partial charge in [0.15, 0.2) is 11.5 Å². The summed E-state index contributed by atoms with van der Waals surface area (Å²) in [6.45, 7) is 1.75. The molecule has 3 aromatic rings. The number of aromatic amines is 1. The van der Waals surface area contributed by atoms with Gasteiger partial charge in [-0.1, -0.05) is 30.3 Å². The van der Waals surface area contributed by atoms with Crippen LogP contribution in [0.15, 0.2) is 54.1 Å². The molecule has 0 aliphatic carbocycles. The summed E-state index contributed by atoms with van der Waals surface area (Å²) >= 11 is 1.57. The predicted molar refractivity (Wildman–Crippen MR) is 125 cm³/mol. The van der Waals surface area contributed by atoms with Crippen molar-refractivity contribution in [3.8, 4) is 0 Å². The SMILES string of the molecule is Cl.O=C(NC(c1ccccc1)[C@@H]1CCCN1)C1=CN(c2ncnc3nc[nH]c23)CCS1. The highest BCUT2D eigenvalue weighted by Gasteiger charge is 2.29. The van der Waals surface area contributed by atoms with Crippen LogP contribution in [0.25, 0.3) is 11.2 Å². The number of aromatic nitrogens is 4. The Balaban J connectivity index is 0.00000231. The lowest BCUT2D eigenvalue weighted by Crippen LogP contribution is -2.41. The second-order valence-electron chi connectivity index (χ2n) is 7.40. The summed E-state index contributed by atoms with van der Waals surface area (Å²) in [5.41, 5.74) is 2.52. The highest BCUT2D eigenvalue weighted by atomic mass is 35.5. The lowest BCUT2D eigenvalue weighted by Gasteiger charge is -2.28. The van der Waals surface area contributed by atoms with Crippen molar-refractivity contribution in [1.29, 1.82) is 0 Å². The number of rotatable bonds is 5. The number of carbonyl (C=O) groups excluding carboxylic acids is 1. The van der Waals surface area contributed by atoms with Gasteiger partial charge < -0.3 is 20.5 Å². The Kier molecular flexibility index (Phi) is 6.74. The number of hydrogen-bond acceptors (Lipinski definition) is 7. The number of amides is 1. The van der Waals surface area contributed by atoms with E-state index in [4.69, 9.17) is 0 Å². The lowest BCUT2D eigenvalue weighted by molar-refractivity contribution is -0.117. The first-order chi connectivity index (χ1) is 14.8. The minimum atomic E-state index is -0.0589. The first-order valence-electron chi connectivity index (χ1n) is 10.1. The molecular weight excluding hydrogens is 434 g/mol. The Bertz CT molecular complexity index is 1070. The normalized spacial score (nSPS) is 19.5. The molecule has 0 radical (unpaired) electrons. The molecule has 2 aromatic heterocycles. The molecule has 1 unspecified atom stereocenters. The molecule has 1 amide bonds. The van der Waals surface area contributed by atoms with Crippen LogP contribution in [0, 0.1) is 0 Å². The highest BCUT2D eigenvalue weighted by molar-refractivity contribution is 8.04. The molecule has 3 N–H and O–H groups in total. The van der Waals surface area contributed by atoms with Crippen molar-refractivity contribution in [2.45, 2.75) is 24.9 Å². The average Bonchev–Trinajstić information content (AvgIpc) is 3.50. The number of fused-ring (bicyclic) bond motifs is 1. The van der Waals surface area contributed by atoms with Gasteiger partial charge in [-0.05, 0) is 24.9 Å². The molecule has 1 saturated heterocycles. The van der Waals surface area contributed by atoms with Crippen molar-refractivity contribution in [2.75, 3.05) is 23.7 Å². The minimum Gasteiger partial charge on any atom is -0.343 e. The number of imidazole rings is 1. The molecule has 5 rings (SSSR count). The topological polar surface area (TPSA) is 98.8 Å². The van der Waals surface area contributed by atoms with Gasteiger partial charge >= 0.3 is 0 Å². The van der Waals surface area contributed by atoms with E-state index in [1.807, 2.05) is 29.3 Å². The van der Waals surface area contributed by atoms with Crippen LogP contribution in [0.4, 0.5) is 5.82 Å². The Hall–Kier alpha value is -2.62. The Morgan fingerprint density at radius 1 is 1.23 bits per heavy atom. The molecule has 1 fully saturated rings. The van der Waals surface area contributed by atoms with Gasteiger partial charge in [0, 0.05) is 24.5 Å². The fraction of sp³-hybridized carbons (Fsp3) is 0.333. The number of halogens is 1. The quantitative estimate of drug-likeness (QED) is 0.541. The number of anilines is 1. The largest absolute Gasteiger partial charge is 0.343 e. The Morgan fingerprint density at radius 2 is 2.10 bits per heavy atom. The molecule has 162 valence electrons. The van der Waals surface area contributed by atoms with Crippen LogP contribution in [0.5, 0.6) is 0 Å². The van der Waals surface area contributed by atoms with Gasteiger partial charge in [-0.15, -0.1) is 24.2 Å². The minimum absolute atomic E-state index is 0. The monoisotopic (exact) mass is 457 g/mol. The second kappa shape index (κ2) is 9.67. The van der Waals surface area contributed by atoms with Crippen molar-refractivity contribution in [1.82, 2.24) is 30.6 Å². The van der Waals surface area contributed by atoms with Crippen LogP contribution in [0.2, 0.25) is 0 Å². The van der Waals surface area contributed by atoms with E-state index in [0.717, 1.165) is 48.6 Å². The first kappa shape index (κ1) is 21.6. The summed E-state index contributed by atoms with van der Waals surface area (Å²) in [5.74, 6) is 1.48. The molecule has 0 spiro atoms. The van der Waals surface area contributed by atoms with Gasteiger partial charge in [-0.2, -0.15) is 0 Å². The maximum Gasteiger partial charge on any atom is 0.259 e. The number of thioether (sulfide) groups is 1. The standard InChI is InChI=1S/C21H23N7OS.ClH/c29-21(27-17(15-7-4-8-22-15)14-5-2-1-3-6-14)16-11-28(9-10-30-16)20-18-19(24-12-23-18)25-13-26-20;/h1-3,5-6,11-13,15,17,22H,4,7-10H2,(H,27,29)(H,23,24,25,26);1H/t15-,17?;/m0./s1. The Morgan fingerprint density at radius 3 is 2.90 bits per heavy atom. The maximum atomic E-state index is 13.2. The van der Waals surface area contributed by atoms with Crippen molar-refractivity contribution in [3.63, 3.8) is 0 Å². The summed E-state index contributed by atoms with van der Waals surface area (Å²) in [5, 5.41) is 6.81. The van der Waals surface area contributed by atoms with Crippen LogP contribution in [-0.4, -0.2) is 50.7 Å². The highest BCUT2D eigenvalue weighted by Crippen LogP contribution is 2.29. The van der Waals surface area contributed by atoms with Crippen LogP contribution in [0.1, 0.15) is 24.4 Å². The molecule has 2 aliphatic heterocycles. The van der Waals surface area contributed by atoms with E-state index >= 15 is 0 Å². The van der Waals surface area contributed by atoms with Gasteiger partial charge in [0.05, 0.1) is 17.3 Å². The van der Waals surface area contributed by atoms with Crippen molar-refractivity contribution in [2.24, 2.45) is 0 Å². The molecule has 1 aromatic carbocycles. The first-order valence-corrected chi connectivity index (χ1v) is 11.1. The van der Waals surface area contributed by atoms with E-state index in [9.17, 15) is 4.79 Å². The number of H-pyrrole nitrogens is 1. The third-order valence-electron chi connectivity index (χ3n) is 5.51. The van der Waals surface area contributed by atoms with E-state index in [1.54, 1.807) is 18.1 Å². The van der Waals surface area contributed by atoms with E-state index < -0.39 is 0 Å². The molecule has 0 saturated carbocycles. The van der Waals surface area contributed by atoms with E-state index in [2.05, 4.69) is 42.7 Å². The summed E-state index contributed by atoms with van der Waals surface area (Å²) in [6.07, 6.45) is 7.18. The lowest BCUT2D eigenvalue weighted by atomic mass is 9.98. The molecule has 10 heteroatoms. The average molecular weight is 458 g/mol. The van der Waals surface area contributed by atoms with Crippen molar-refractivity contribution >= 4 is 47.1 Å². The number of carbonyl (C=O) groups is 1. The van der Waals surface area contributed by atoms with Crippen molar-refractivity contribution < 1.29 is 4.79 Å². The molecule has 2 atom stereocenters. The summed E-state index contributed by atoms with van der Waals surface area (Å²) in [4.78, 5) is 31.8. The van der Waals surface area contributed by atoms with Gasteiger partial charge in [-0.3, -0.25) is 4.79 Å². The zero-order chi connectivity index (χ0) is 20.3. The van der Waals surface area contributed by atoms with Crippen LogP contribution >= 0.6 is 24.2 Å². The van der Waals surface area contributed by atoms with Gasteiger partial charge in [0.25, 0.3) is 5.91 Å². The van der Waals surface area contributed by atoms with Gasteiger partial charge in [0.1, 0.15) is 11.8 Å². The predicted octanol–water partition coefficient (Wildman–Crippen LogP) is 2.78. The molecule has 0 bridgehead atoms. The van der Waals surface area contributed by atoms with E-state index in [0.29, 0.717) is 10.6 Å². The number of nitrogens with zero attached hydrogens (tertiary/aromatic N) is 4. The van der Waals surface area contributed by atoms with Crippen LogP contribution in [-0.2, 0) is 4.79 Å². The Labute approximate surface area is 190 Å². The molecule has 4 heterocycles. The maximum absolute atomic E-state index is 13.2. The number of benzene rings is 1. The number of hydrogen-bond donors (Lipinski definition) is 3. The zero-order valence-electron chi connectivity index (χ0n) is 16.8. The fourth-order valence-corrected chi connectivity index (χ4v) is 4.94. The van der Waals surface area contributed by atoms with Gasteiger partial charge in [0.2, 0.25) is 0 Å². The van der Waals surface area contributed by atoms with Crippen LogP contribution in [0.3, 0.4) is 0 Å². The summed E-state index contributed by atoms with van der Waals surface area (Å²) in [7, 11) is 0. The summed E-state index contributed by atoms with van der Waals surface area (Å²) < 4.78 is 0. The van der Waals surface area contributed by atoms with Crippen molar-refractivity contribution in [3.05, 3.63) is 59.7 Å². The second-order valence-corrected chi connectivity index (χ2v) is 8.54. The fourth-order valence-electron chi connectivity index (χ4n) is 4.04. The van der Waals surface area contributed by atoms with Crippen LogP contribution < -0.4 is 15.5 Å². The molecule has 8 nitrogen and oxygen atoms in total.